The molecule has 0 spiro atoms. The number of amides is 4. The summed E-state index contributed by atoms with van der Waals surface area (Å²) in [5.74, 6) is 0.142. The first-order valence-electron chi connectivity index (χ1n) is 10.9. The number of nitrogens with two attached hydrogens (primary N) is 1. The van der Waals surface area contributed by atoms with Crippen LogP contribution in [-0.4, -0.2) is 84.4 Å². The maximum absolute atomic E-state index is 13.1. The van der Waals surface area contributed by atoms with Gasteiger partial charge in [0, 0.05) is 64.2 Å². The molecule has 0 bridgehead atoms. The number of halogens is 1. The Morgan fingerprint density at radius 1 is 0.862 bits per heavy atom. The van der Waals surface area contributed by atoms with E-state index in [4.69, 9.17) is 5.73 Å². The maximum atomic E-state index is 13.1. The lowest BCUT2D eigenvalue weighted by Crippen LogP contribution is -2.53. The first-order valence-corrected chi connectivity index (χ1v) is 10.9. The average molecular weight is 430 g/mol. The van der Waals surface area contributed by atoms with Crippen LogP contribution in [0.2, 0.25) is 0 Å². The summed E-state index contributed by atoms with van der Waals surface area (Å²) in [5, 5.41) is 2.92. The molecule has 4 amide bonds. The van der Waals surface area contributed by atoms with E-state index in [1.54, 1.807) is 0 Å². The Hall–Kier alpha value is -1.54. The summed E-state index contributed by atoms with van der Waals surface area (Å²) in [7, 11) is 0. The summed E-state index contributed by atoms with van der Waals surface area (Å²) in [6, 6.07) is 0.217. The van der Waals surface area contributed by atoms with Gasteiger partial charge in [-0.05, 0) is 44.9 Å². The van der Waals surface area contributed by atoms with Crippen molar-refractivity contribution >= 4 is 30.3 Å². The molecule has 1 unspecified atom stereocenters. The summed E-state index contributed by atoms with van der Waals surface area (Å²) < 4.78 is 0. The van der Waals surface area contributed by atoms with E-state index in [1.165, 1.54) is 0 Å². The first kappa shape index (κ1) is 23.7. The van der Waals surface area contributed by atoms with E-state index in [0.717, 1.165) is 64.6 Å². The van der Waals surface area contributed by atoms with Crippen LogP contribution in [0.1, 0.15) is 51.4 Å². The van der Waals surface area contributed by atoms with Gasteiger partial charge in [-0.25, -0.2) is 4.79 Å². The van der Waals surface area contributed by atoms with Gasteiger partial charge in [-0.3, -0.25) is 9.59 Å². The predicted octanol–water partition coefficient (Wildman–Crippen LogP) is 1.18. The SMILES string of the molecule is Cl.NCCC(=O)NCC1CCCCN1C(=O)C1CCN(C(=O)N2CCCC2)CC1. The van der Waals surface area contributed by atoms with Gasteiger partial charge in [-0.2, -0.15) is 0 Å². The lowest BCUT2D eigenvalue weighted by atomic mass is 9.92. The van der Waals surface area contributed by atoms with Gasteiger partial charge in [0.15, 0.2) is 0 Å². The lowest BCUT2D eigenvalue weighted by Gasteiger charge is -2.40. The molecule has 0 aromatic heterocycles. The number of carbonyl (C=O) groups is 3. The van der Waals surface area contributed by atoms with Crippen molar-refractivity contribution in [3.63, 3.8) is 0 Å². The number of nitrogens with zero attached hydrogens (tertiary/aromatic N) is 3. The number of hydrogen-bond donors (Lipinski definition) is 2. The monoisotopic (exact) mass is 429 g/mol. The molecule has 3 heterocycles. The Morgan fingerprint density at radius 3 is 2.14 bits per heavy atom. The highest BCUT2D eigenvalue weighted by Gasteiger charge is 2.35. The van der Waals surface area contributed by atoms with Gasteiger partial charge >= 0.3 is 6.03 Å². The summed E-state index contributed by atoms with van der Waals surface area (Å²) in [6.45, 7) is 4.68. The molecule has 8 nitrogen and oxygen atoms in total. The average Bonchev–Trinajstić information content (AvgIpc) is 3.27. The second-order valence-electron chi connectivity index (χ2n) is 8.26. The largest absolute Gasteiger partial charge is 0.354 e. The zero-order chi connectivity index (χ0) is 19.9. The molecule has 0 saturated carbocycles. The minimum Gasteiger partial charge on any atom is -0.354 e. The number of piperidine rings is 2. The molecule has 0 radical (unpaired) electrons. The van der Waals surface area contributed by atoms with Crippen molar-refractivity contribution < 1.29 is 14.4 Å². The fourth-order valence-electron chi connectivity index (χ4n) is 4.61. The van der Waals surface area contributed by atoms with Crippen LogP contribution in [0.5, 0.6) is 0 Å². The molecule has 9 heteroatoms. The number of hydrogen-bond acceptors (Lipinski definition) is 4. The van der Waals surface area contributed by atoms with E-state index in [9.17, 15) is 14.4 Å². The third-order valence-electron chi connectivity index (χ3n) is 6.31. The molecule has 3 rings (SSSR count). The highest BCUT2D eigenvalue weighted by Crippen LogP contribution is 2.25. The highest BCUT2D eigenvalue weighted by atomic mass is 35.5. The molecule has 0 aliphatic carbocycles. The fourth-order valence-corrected chi connectivity index (χ4v) is 4.61. The van der Waals surface area contributed by atoms with E-state index in [1.807, 2.05) is 14.7 Å². The predicted molar refractivity (Wildman–Crippen MR) is 114 cm³/mol. The van der Waals surface area contributed by atoms with Gasteiger partial charge in [0.05, 0.1) is 0 Å². The van der Waals surface area contributed by atoms with Crippen LogP contribution in [-0.2, 0) is 9.59 Å². The highest BCUT2D eigenvalue weighted by molar-refractivity contribution is 5.85. The van der Waals surface area contributed by atoms with Gasteiger partial charge < -0.3 is 25.8 Å². The number of rotatable bonds is 5. The smallest absolute Gasteiger partial charge is 0.319 e. The number of carbonyl (C=O) groups excluding carboxylic acids is 3. The molecule has 0 aromatic rings. The van der Waals surface area contributed by atoms with Crippen molar-refractivity contribution in [1.82, 2.24) is 20.0 Å². The summed E-state index contributed by atoms with van der Waals surface area (Å²) in [4.78, 5) is 43.3. The third kappa shape index (κ3) is 6.22. The fraction of sp³-hybridized carbons (Fsp3) is 0.850. The Morgan fingerprint density at radius 2 is 1.48 bits per heavy atom. The van der Waals surface area contributed by atoms with E-state index >= 15 is 0 Å². The molecule has 3 saturated heterocycles. The van der Waals surface area contributed by atoms with Crippen LogP contribution in [0, 0.1) is 5.92 Å². The van der Waals surface area contributed by atoms with Crippen LogP contribution in [0.15, 0.2) is 0 Å². The first-order chi connectivity index (χ1) is 13.6. The lowest BCUT2D eigenvalue weighted by molar-refractivity contribution is -0.141. The van der Waals surface area contributed by atoms with Crippen molar-refractivity contribution in [3.8, 4) is 0 Å². The number of urea groups is 1. The molecular formula is C20H36ClN5O3. The van der Waals surface area contributed by atoms with Crippen molar-refractivity contribution in [1.29, 1.82) is 0 Å². The quantitative estimate of drug-likeness (QED) is 0.685. The Bertz CT molecular complexity index is 562. The molecule has 166 valence electrons. The summed E-state index contributed by atoms with van der Waals surface area (Å²) in [6.07, 6.45) is 7.03. The molecule has 0 aromatic carbocycles. The van der Waals surface area contributed by atoms with Crippen molar-refractivity contribution in [2.75, 3.05) is 45.8 Å². The molecule has 1 atom stereocenters. The summed E-state index contributed by atoms with van der Waals surface area (Å²) in [5.41, 5.74) is 5.43. The van der Waals surface area contributed by atoms with Gasteiger partial charge in [-0.15, -0.1) is 12.4 Å². The molecule has 3 aliphatic heterocycles. The summed E-state index contributed by atoms with van der Waals surface area (Å²) >= 11 is 0. The minimum absolute atomic E-state index is 0. The normalized spacial score (nSPS) is 22.9. The second kappa shape index (κ2) is 11.6. The molecule has 3 aliphatic rings. The van der Waals surface area contributed by atoms with Gasteiger partial charge in [0.25, 0.3) is 0 Å². The standard InChI is InChI=1S/C20H35N5O3.ClH/c21-9-6-18(26)22-15-17-5-1-2-12-25(17)19(27)16-7-13-24(14-8-16)20(28)23-10-3-4-11-23;/h16-17H,1-15,21H2,(H,22,26);1H. The van der Waals surface area contributed by atoms with Gasteiger partial charge in [0.1, 0.15) is 0 Å². The van der Waals surface area contributed by atoms with E-state index in [2.05, 4.69) is 5.32 Å². The Balaban J connectivity index is 0.00000300. The minimum atomic E-state index is -0.0470. The molecular weight excluding hydrogens is 394 g/mol. The van der Waals surface area contributed by atoms with E-state index < -0.39 is 0 Å². The van der Waals surface area contributed by atoms with E-state index in [-0.39, 0.29) is 42.2 Å². The van der Waals surface area contributed by atoms with Crippen LogP contribution < -0.4 is 11.1 Å². The molecule has 29 heavy (non-hydrogen) atoms. The number of nitrogens with one attached hydrogen (secondary N) is 1. The van der Waals surface area contributed by atoms with Crippen LogP contribution >= 0.6 is 12.4 Å². The molecule has 3 fully saturated rings. The molecule has 3 N–H and O–H groups in total. The van der Waals surface area contributed by atoms with Gasteiger partial charge in [-0.1, -0.05) is 0 Å². The topological polar surface area (TPSA) is 99.0 Å². The zero-order valence-electron chi connectivity index (χ0n) is 17.3. The van der Waals surface area contributed by atoms with Crippen molar-refractivity contribution in [3.05, 3.63) is 0 Å². The zero-order valence-corrected chi connectivity index (χ0v) is 18.1. The van der Waals surface area contributed by atoms with Crippen LogP contribution in [0.4, 0.5) is 4.79 Å². The Labute approximate surface area is 179 Å². The Kier molecular flexibility index (Phi) is 9.49. The number of likely N-dealkylation sites (tertiary alicyclic amines) is 3. The van der Waals surface area contributed by atoms with Crippen LogP contribution in [0.3, 0.4) is 0 Å². The second-order valence-corrected chi connectivity index (χ2v) is 8.26. The van der Waals surface area contributed by atoms with Crippen LogP contribution in [0.25, 0.3) is 0 Å². The van der Waals surface area contributed by atoms with Crippen molar-refractivity contribution in [2.24, 2.45) is 11.7 Å². The van der Waals surface area contributed by atoms with E-state index in [0.29, 0.717) is 32.6 Å². The van der Waals surface area contributed by atoms with Gasteiger partial charge in [0.2, 0.25) is 11.8 Å². The maximum Gasteiger partial charge on any atom is 0.319 e. The van der Waals surface area contributed by atoms with Crippen molar-refractivity contribution in [2.45, 2.75) is 57.4 Å². The third-order valence-corrected chi connectivity index (χ3v) is 6.31.